The van der Waals surface area contributed by atoms with Crippen LogP contribution in [-0.4, -0.2) is 22.5 Å². The van der Waals surface area contributed by atoms with E-state index < -0.39 is 17.4 Å². The number of furan rings is 1. The summed E-state index contributed by atoms with van der Waals surface area (Å²) in [5.74, 6) is -1.44. The van der Waals surface area contributed by atoms with Crippen molar-refractivity contribution < 1.29 is 19.1 Å². The number of rotatable bonds is 2. The van der Waals surface area contributed by atoms with Gasteiger partial charge < -0.3 is 14.8 Å². The highest BCUT2D eigenvalue weighted by atomic mass is 16.4. The summed E-state index contributed by atoms with van der Waals surface area (Å²) in [6.45, 7) is 7.02. The van der Waals surface area contributed by atoms with Gasteiger partial charge in [0.2, 0.25) is 5.76 Å². The second-order valence-corrected chi connectivity index (χ2v) is 4.61. The van der Waals surface area contributed by atoms with Crippen molar-refractivity contribution in [1.29, 1.82) is 0 Å². The Kier molecular flexibility index (Phi) is 3.07. The molecule has 1 aromatic rings. The minimum Gasteiger partial charge on any atom is -0.478 e. The summed E-state index contributed by atoms with van der Waals surface area (Å²) in [4.78, 5) is 22.6. The van der Waals surface area contributed by atoms with Crippen LogP contribution in [0, 0.1) is 6.92 Å². The van der Waals surface area contributed by atoms with Gasteiger partial charge in [-0.15, -0.1) is 0 Å². The molecule has 2 N–H and O–H groups in total. The molecule has 1 rings (SSSR count). The number of hydrogen-bond donors (Lipinski definition) is 2. The average Bonchev–Trinajstić information content (AvgIpc) is 2.44. The first kappa shape index (κ1) is 12.3. The molecule has 1 amide bonds. The van der Waals surface area contributed by atoms with Crippen molar-refractivity contribution in [3.05, 3.63) is 23.2 Å². The van der Waals surface area contributed by atoms with Crippen LogP contribution in [0.25, 0.3) is 0 Å². The topological polar surface area (TPSA) is 79.5 Å². The summed E-state index contributed by atoms with van der Waals surface area (Å²) in [7, 11) is 0. The molecule has 0 aliphatic rings. The molecular formula is C11H15NO4. The Morgan fingerprint density at radius 1 is 1.38 bits per heavy atom. The summed E-state index contributed by atoms with van der Waals surface area (Å²) >= 11 is 0. The molecule has 0 saturated carbocycles. The van der Waals surface area contributed by atoms with Crippen LogP contribution in [-0.2, 0) is 0 Å². The van der Waals surface area contributed by atoms with Gasteiger partial charge in [0.1, 0.15) is 11.3 Å². The fourth-order valence-corrected chi connectivity index (χ4v) is 1.24. The lowest BCUT2D eigenvalue weighted by Gasteiger charge is -2.19. The zero-order valence-corrected chi connectivity index (χ0v) is 9.75. The molecular weight excluding hydrogens is 210 g/mol. The summed E-state index contributed by atoms with van der Waals surface area (Å²) in [6, 6.07) is 1.33. The molecule has 5 nitrogen and oxygen atoms in total. The molecule has 0 atom stereocenters. The van der Waals surface area contributed by atoms with Crippen molar-refractivity contribution >= 4 is 11.9 Å². The third kappa shape index (κ3) is 2.85. The van der Waals surface area contributed by atoms with Crippen LogP contribution in [0.1, 0.15) is 47.4 Å². The van der Waals surface area contributed by atoms with Gasteiger partial charge in [-0.1, -0.05) is 0 Å². The van der Waals surface area contributed by atoms with Crippen LogP contribution in [0.2, 0.25) is 0 Å². The van der Waals surface area contributed by atoms with Crippen LogP contribution < -0.4 is 5.32 Å². The number of aryl methyl sites for hydroxylation is 1. The Morgan fingerprint density at radius 2 is 1.94 bits per heavy atom. The number of carbonyl (C=O) groups excluding carboxylic acids is 1. The Morgan fingerprint density at radius 3 is 2.38 bits per heavy atom. The average molecular weight is 225 g/mol. The van der Waals surface area contributed by atoms with E-state index in [2.05, 4.69) is 5.32 Å². The second kappa shape index (κ2) is 4.00. The summed E-state index contributed by atoms with van der Waals surface area (Å²) < 4.78 is 5.09. The monoisotopic (exact) mass is 225 g/mol. The van der Waals surface area contributed by atoms with Gasteiger partial charge in [0.15, 0.2) is 0 Å². The van der Waals surface area contributed by atoms with E-state index >= 15 is 0 Å². The van der Waals surface area contributed by atoms with Gasteiger partial charge in [-0.3, -0.25) is 4.79 Å². The minimum atomic E-state index is -1.17. The maximum atomic E-state index is 11.7. The smallest absolute Gasteiger partial charge is 0.339 e. The normalized spacial score (nSPS) is 11.2. The van der Waals surface area contributed by atoms with Crippen molar-refractivity contribution in [2.24, 2.45) is 0 Å². The van der Waals surface area contributed by atoms with Gasteiger partial charge in [0.05, 0.1) is 0 Å². The number of hydrogen-bond acceptors (Lipinski definition) is 3. The molecule has 0 radical (unpaired) electrons. The number of aromatic carboxylic acids is 1. The fourth-order valence-electron chi connectivity index (χ4n) is 1.24. The van der Waals surface area contributed by atoms with E-state index in [-0.39, 0.29) is 11.3 Å². The second-order valence-electron chi connectivity index (χ2n) is 4.61. The summed E-state index contributed by atoms with van der Waals surface area (Å²) in [6.07, 6.45) is 0. The molecule has 0 bridgehead atoms. The molecule has 0 aromatic carbocycles. The lowest BCUT2D eigenvalue weighted by molar-refractivity contribution is 0.0686. The number of carbonyl (C=O) groups is 2. The van der Waals surface area contributed by atoms with Crippen molar-refractivity contribution in [3.63, 3.8) is 0 Å². The number of amides is 1. The Bertz CT molecular complexity index is 426. The number of carboxylic acids is 1. The van der Waals surface area contributed by atoms with Gasteiger partial charge in [-0.25, -0.2) is 4.79 Å². The first-order chi connectivity index (χ1) is 7.20. The molecule has 1 aromatic heterocycles. The quantitative estimate of drug-likeness (QED) is 0.804. The highest BCUT2D eigenvalue weighted by Crippen LogP contribution is 2.16. The maximum Gasteiger partial charge on any atom is 0.339 e. The molecule has 16 heavy (non-hydrogen) atoms. The first-order valence-corrected chi connectivity index (χ1v) is 4.87. The summed E-state index contributed by atoms with van der Waals surface area (Å²) in [5, 5.41) is 11.5. The molecule has 0 fully saturated rings. The minimum absolute atomic E-state index is 0.112. The van der Waals surface area contributed by atoms with Crippen LogP contribution in [0.3, 0.4) is 0 Å². The highest BCUT2D eigenvalue weighted by Gasteiger charge is 2.24. The molecule has 0 aliphatic heterocycles. The molecule has 0 unspecified atom stereocenters. The maximum absolute atomic E-state index is 11.7. The lowest BCUT2D eigenvalue weighted by atomic mass is 10.1. The van der Waals surface area contributed by atoms with Gasteiger partial charge >= 0.3 is 5.97 Å². The molecule has 0 spiro atoms. The van der Waals surface area contributed by atoms with E-state index in [0.717, 1.165) is 0 Å². The predicted octanol–water partition coefficient (Wildman–Crippen LogP) is 1.81. The third-order valence-corrected chi connectivity index (χ3v) is 1.78. The zero-order chi connectivity index (χ0) is 12.5. The molecule has 1 heterocycles. The molecule has 0 saturated heterocycles. The Labute approximate surface area is 93.4 Å². The van der Waals surface area contributed by atoms with E-state index in [9.17, 15) is 9.59 Å². The van der Waals surface area contributed by atoms with E-state index in [1.807, 2.05) is 0 Å². The fraction of sp³-hybridized carbons (Fsp3) is 0.455. The zero-order valence-electron chi connectivity index (χ0n) is 9.75. The standard InChI is InChI=1S/C11H15NO4/c1-6-5-7(10(14)15)8(16-6)9(13)12-11(2,3)4/h5H,1-4H3,(H,12,13)(H,14,15). The van der Waals surface area contributed by atoms with Crippen LogP contribution in [0.4, 0.5) is 0 Å². The van der Waals surface area contributed by atoms with Crippen LogP contribution >= 0.6 is 0 Å². The Hall–Kier alpha value is -1.78. The van der Waals surface area contributed by atoms with Gasteiger partial charge in [0.25, 0.3) is 5.91 Å². The van der Waals surface area contributed by atoms with Gasteiger partial charge in [-0.2, -0.15) is 0 Å². The lowest BCUT2D eigenvalue weighted by Crippen LogP contribution is -2.40. The van der Waals surface area contributed by atoms with E-state index in [1.54, 1.807) is 27.7 Å². The molecule has 0 aliphatic carbocycles. The highest BCUT2D eigenvalue weighted by molar-refractivity contribution is 6.03. The predicted molar refractivity (Wildman–Crippen MR) is 57.6 cm³/mol. The van der Waals surface area contributed by atoms with Crippen molar-refractivity contribution in [1.82, 2.24) is 5.32 Å². The largest absolute Gasteiger partial charge is 0.478 e. The van der Waals surface area contributed by atoms with Gasteiger partial charge in [-0.05, 0) is 33.8 Å². The molecule has 88 valence electrons. The van der Waals surface area contributed by atoms with E-state index in [0.29, 0.717) is 5.76 Å². The number of carboxylic acid groups (broad SMARTS) is 1. The van der Waals surface area contributed by atoms with E-state index in [4.69, 9.17) is 9.52 Å². The van der Waals surface area contributed by atoms with E-state index in [1.165, 1.54) is 6.07 Å². The summed E-state index contributed by atoms with van der Waals surface area (Å²) in [5.41, 5.74) is -0.549. The van der Waals surface area contributed by atoms with Crippen molar-refractivity contribution in [2.75, 3.05) is 0 Å². The Balaban J connectivity index is 3.04. The first-order valence-electron chi connectivity index (χ1n) is 4.87. The molecule has 5 heteroatoms. The van der Waals surface area contributed by atoms with Crippen molar-refractivity contribution in [2.45, 2.75) is 33.2 Å². The van der Waals surface area contributed by atoms with Crippen LogP contribution in [0.5, 0.6) is 0 Å². The van der Waals surface area contributed by atoms with Crippen LogP contribution in [0.15, 0.2) is 10.5 Å². The number of nitrogens with one attached hydrogen (secondary N) is 1. The van der Waals surface area contributed by atoms with Gasteiger partial charge in [0, 0.05) is 5.54 Å². The SMILES string of the molecule is Cc1cc(C(=O)O)c(C(=O)NC(C)(C)C)o1. The third-order valence-electron chi connectivity index (χ3n) is 1.78. The van der Waals surface area contributed by atoms with Crippen molar-refractivity contribution in [3.8, 4) is 0 Å².